The molecule has 0 bridgehead atoms. The number of benzene rings is 1. The highest BCUT2D eigenvalue weighted by atomic mass is 16.1. The van der Waals surface area contributed by atoms with Gasteiger partial charge in [-0.05, 0) is 29.9 Å². The average molecular weight is 261 g/mol. The third-order valence-electron chi connectivity index (χ3n) is 3.59. The Bertz CT molecular complexity index is 914. The van der Waals surface area contributed by atoms with Gasteiger partial charge in [-0.3, -0.25) is 4.79 Å². The smallest absolute Gasteiger partial charge is 0.209 e. The van der Waals surface area contributed by atoms with Gasteiger partial charge in [0, 0.05) is 10.8 Å². The Hall–Kier alpha value is -2.88. The van der Waals surface area contributed by atoms with Crippen LogP contribution in [-0.4, -0.2) is 15.6 Å². The van der Waals surface area contributed by atoms with Gasteiger partial charge in [0.15, 0.2) is 0 Å². The minimum absolute atomic E-state index is 0.120. The molecule has 2 aliphatic rings. The standard InChI is InChI=1S/C16H11N3O/c17-13-7-6-10-8-14-12(15(10)16(13)20)9-18-19(14)11-4-2-1-3-5-11/h1-9H,17H2. The molecule has 0 radical (unpaired) electrons. The predicted molar refractivity (Wildman–Crippen MR) is 76.0 cm³/mol. The number of rotatable bonds is 1. The van der Waals surface area contributed by atoms with Gasteiger partial charge >= 0.3 is 0 Å². The number of fused-ring (bicyclic) bond motifs is 2. The molecular formula is C16H11N3O. The van der Waals surface area contributed by atoms with Crippen molar-refractivity contribution in [2.45, 2.75) is 0 Å². The van der Waals surface area contributed by atoms with Crippen LogP contribution in [0.4, 0.5) is 0 Å². The van der Waals surface area contributed by atoms with E-state index in [-0.39, 0.29) is 11.5 Å². The van der Waals surface area contributed by atoms with E-state index >= 15 is 0 Å². The van der Waals surface area contributed by atoms with Crippen molar-refractivity contribution in [1.29, 1.82) is 0 Å². The van der Waals surface area contributed by atoms with E-state index in [2.05, 4.69) is 5.10 Å². The number of nitrogens with two attached hydrogens (primary N) is 1. The SMILES string of the molecule is NC1=CC=C2C=c3c(cnn3-c3ccccc3)=C2C1=O. The topological polar surface area (TPSA) is 60.9 Å². The van der Waals surface area contributed by atoms with Crippen LogP contribution < -0.4 is 16.3 Å². The molecule has 2 N–H and O–H groups in total. The zero-order chi connectivity index (χ0) is 13.7. The zero-order valence-corrected chi connectivity index (χ0v) is 10.6. The van der Waals surface area contributed by atoms with Gasteiger partial charge in [0.2, 0.25) is 5.78 Å². The van der Waals surface area contributed by atoms with Gasteiger partial charge in [-0.25, -0.2) is 4.68 Å². The summed E-state index contributed by atoms with van der Waals surface area (Å²) in [6.45, 7) is 0. The molecule has 96 valence electrons. The fourth-order valence-electron chi connectivity index (χ4n) is 2.62. The Morgan fingerprint density at radius 2 is 1.90 bits per heavy atom. The van der Waals surface area contributed by atoms with Crippen LogP contribution in [0.5, 0.6) is 0 Å². The van der Waals surface area contributed by atoms with Gasteiger partial charge in [-0.1, -0.05) is 24.3 Å². The first kappa shape index (κ1) is 11.0. The number of Topliss-reactive ketones (excluding diaryl/α,β-unsaturated/α-hetero) is 1. The maximum absolute atomic E-state index is 12.2. The van der Waals surface area contributed by atoms with Gasteiger partial charge in [0.1, 0.15) is 0 Å². The molecule has 1 aromatic heterocycles. The van der Waals surface area contributed by atoms with Crippen molar-refractivity contribution in [3.05, 3.63) is 70.5 Å². The van der Waals surface area contributed by atoms with Crippen LogP contribution in [0.25, 0.3) is 17.3 Å². The third-order valence-corrected chi connectivity index (χ3v) is 3.59. The van der Waals surface area contributed by atoms with Crippen molar-refractivity contribution < 1.29 is 4.79 Å². The van der Waals surface area contributed by atoms with Crippen LogP contribution in [0.3, 0.4) is 0 Å². The molecule has 20 heavy (non-hydrogen) atoms. The lowest BCUT2D eigenvalue weighted by Crippen LogP contribution is -2.29. The molecule has 4 rings (SSSR count). The molecule has 0 spiro atoms. The highest BCUT2D eigenvalue weighted by Gasteiger charge is 2.25. The number of aromatic nitrogens is 2. The van der Waals surface area contributed by atoms with Crippen LogP contribution in [-0.2, 0) is 4.79 Å². The molecule has 4 nitrogen and oxygen atoms in total. The quantitative estimate of drug-likeness (QED) is 0.796. The van der Waals surface area contributed by atoms with Crippen LogP contribution >= 0.6 is 0 Å². The molecule has 0 unspecified atom stereocenters. The van der Waals surface area contributed by atoms with Crippen molar-refractivity contribution in [2.75, 3.05) is 0 Å². The molecular weight excluding hydrogens is 250 g/mol. The molecule has 0 aliphatic heterocycles. The summed E-state index contributed by atoms with van der Waals surface area (Å²) < 4.78 is 1.84. The van der Waals surface area contributed by atoms with Crippen molar-refractivity contribution >= 4 is 17.4 Å². The molecule has 0 amide bonds. The highest BCUT2D eigenvalue weighted by molar-refractivity contribution is 6.31. The maximum Gasteiger partial charge on any atom is 0.209 e. The summed E-state index contributed by atoms with van der Waals surface area (Å²) in [6, 6.07) is 9.85. The van der Waals surface area contributed by atoms with Crippen LogP contribution in [0.1, 0.15) is 0 Å². The summed E-state index contributed by atoms with van der Waals surface area (Å²) in [5.41, 5.74) is 8.52. The number of para-hydroxylation sites is 1. The largest absolute Gasteiger partial charge is 0.396 e. The van der Waals surface area contributed by atoms with Crippen molar-refractivity contribution in [3.8, 4) is 5.69 Å². The summed E-state index contributed by atoms with van der Waals surface area (Å²) >= 11 is 0. The highest BCUT2D eigenvalue weighted by Crippen LogP contribution is 2.22. The predicted octanol–water partition coefficient (Wildman–Crippen LogP) is 0.169. The summed E-state index contributed by atoms with van der Waals surface area (Å²) in [6.07, 6.45) is 7.24. The second kappa shape index (κ2) is 3.81. The summed E-state index contributed by atoms with van der Waals surface area (Å²) in [5, 5.41) is 6.16. The summed E-state index contributed by atoms with van der Waals surface area (Å²) in [4.78, 5) is 12.2. The third kappa shape index (κ3) is 1.36. The first-order chi connectivity index (χ1) is 9.75. The Morgan fingerprint density at radius 1 is 1.10 bits per heavy atom. The van der Waals surface area contributed by atoms with Gasteiger partial charge in [0.25, 0.3) is 0 Å². The lowest BCUT2D eigenvalue weighted by Gasteiger charge is -2.08. The molecule has 2 aliphatic carbocycles. The first-order valence-corrected chi connectivity index (χ1v) is 6.34. The van der Waals surface area contributed by atoms with E-state index in [1.165, 1.54) is 0 Å². The monoisotopic (exact) mass is 261 g/mol. The van der Waals surface area contributed by atoms with Gasteiger partial charge in [-0.15, -0.1) is 0 Å². The van der Waals surface area contributed by atoms with E-state index in [0.717, 1.165) is 21.8 Å². The van der Waals surface area contributed by atoms with E-state index in [9.17, 15) is 4.79 Å². The van der Waals surface area contributed by atoms with Gasteiger partial charge in [0.05, 0.1) is 22.9 Å². The number of nitrogens with zero attached hydrogens (tertiary/aromatic N) is 2. The Kier molecular flexibility index (Phi) is 2.09. The lowest BCUT2D eigenvalue weighted by molar-refractivity contribution is -0.110. The second-order valence-corrected chi connectivity index (χ2v) is 4.78. The fraction of sp³-hybridized carbons (Fsp3) is 0. The molecule has 1 heterocycles. The van der Waals surface area contributed by atoms with Gasteiger partial charge < -0.3 is 5.73 Å². The molecule has 0 atom stereocenters. The van der Waals surface area contributed by atoms with E-state index in [1.54, 1.807) is 12.3 Å². The maximum atomic E-state index is 12.2. The molecule has 1 aromatic carbocycles. The van der Waals surface area contributed by atoms with Gasteiger partial charge in [-0.2, -0.15) is 5.10 Å². The summed E-state index contributed by atoms with van der Waals surface area (Å²) in [7, 11) is 0. The van der Waals surface area contributed by atoms with Crippen molar-refractivity contribution in [1.82, 2.24) is 9.78 Å². The number of carbonyl (C=O) groups is 1. The number of hydrogen-bond donors (Lipinski definition) is 1. The molecule has 2 aromatic rings. The van der Waals surface area contributed by atoms with Crippen LogP contribution in [0.15, 0.2) is 60.0 Å². The Morgan fingerprint density at radius 3 is 2.70 bits per heavy atom. The number of hydrogen-bond acceptors (Lipinski definition) is 3. The Labute approximate surface area is 114 Å². The van der Waals surface area contributed by atoms with Crippen molar-refractivity contribution in [3.63, 3.8) is 0 Å². The number of carbonyl (C=O) groups excluding carboxylic acids is 1. The van der Waals surface area contributed by atoms with E-state index in [1.807, 2.05) is 47.2 Å². The van der Waals surface area contributed by atoms with Crippen LogP contribution in [0, 0.1) is 0 Å². The lowest BCUT2D eigenvalue weighted by atomic mass is 9.97. The fourth-order valence-corrected chi connectivity index (χ4v) is 2.62. The number of allylic oxidation sites excluding steroid dienone is 4. The van der Waals surface area contributed by atoms with E-state index in [4.69, 9.17) is 5.73 Å². The second-order valence-electron chi connectivity index (χ2n) is 4.78. The molecule has 4 heteroatoms. The summed E-state index contributed by atoms with van der Waals surface area (Å²) in [5.74, 6) is -0.120. The average Bonchev–Trinajstić information content (AvgIpc) is 3.02. The normalized spacial score (nSPS) is 16.2. The minimum Gasteiger partial charge on any atom is -0.396 e. The van der Waals surface area contributed by atoms with Crippen molar-refractivity contribution in [2.24, 2.45) is 5.73 Å². The van der Waals surface area contributed by atoms with Crippen LogP contribution in [0.2, 0.25) is 0 Å². The molecule has 0 saturated heterocycles. The van der Waals surface area contributed by atoms with E-state index in [0.29, 0.717) is 5.57 Å². The zero-order valence-electron chi connectivity index (χ0n) is 10.6. The molecule has 0 fully saturated rings. The number of ketones is 1. The first-order valence-electron chi connectivity index (χ1n) is 6.34. The Balaban J connectivity index is 2.03. The van der Waals surface area contributed by atoms with E-state index < -0.39 is 0 Å². The minimum atomic E-state index is -0.120. The molecule has 0 saturated carbocycles.